The SMILES string of the molecule is O=C(NC1(C(=O)O)CCOCC1)c1cccc2[nH]ccc12. The van der Waals surface area contributed by atoms with E-state index < -0.39 is 11.5 Å². The van der Waals surface area contributed by atoms with E-state index in [1.165, 1.54) is 0 Å². The third-order valence-corrected chi connectivity index (χ3v) is 3.95. The predicted molar refractivity (Wildman–Crippen MR) is 76.2 cm³/mol. The average molecular weight is 288 g/mol. The van der Waals surface area contributed by atoms with E-state index in [0.29, 0.717) is 18.8 Å². The molecule has 1 aromatic carbocycles. The van der Waals surface area contributed by atoms with Crippen molar-refractivity contribution < 1.29 is 19.4 Å². The topological polar surface area (TPSA) is 91.4 Å². The van der Waals surface area contributed by atoms with Crippen molar-refractivity contribution in [3.63, 3.8) is 0 Å². The summed E-state index contributed by atoms with van der Waals surface area (Å²) in [5, 5.41) is 13.0. The van der Waals surface area contributed by atoms with Gasteiger partial charge < -0.3 is 20.1 Å². The Morgan fingerprint density at radius 2 is 2.00 bits per heavy atom. The molecule has 1 aliphatic rings. The molecule has 1 fully saturated rings. The summed E-state index contributed by atoms with van der Waals surface area (Å²) < 4.78 is 5.20. The van der Waals surface area contributed by atoms with Gasteiger partial charge in [0, 0.05) is 48.7 Å². The lowest BCUT2D eigenvalue weighted by atomic mass is 9.89. The van der Waals surface area contributed by atoms with Crippen molar-refractivity contribution in [1.82, 2.24) is 10.3 Å². The van der Waals surface area contributed by atoms with Crippen LogP contribution in [0.15, 0.2) is 30.5 Å². The fraction of sp³-hybridized carbons (Fsp3) is 0.333. The fourth-order valence-corrected chi connectivity index (χ4v) is 2.68. The number of aromatic nitrogens is 1. The van der Waals surface area contributed by atoms with Crippen LogP contribution >= 0.6 is 0 Å². The quantitative estimate of drug-likeness (QED) is 0.798. The van der Waals surface area contributed by atoms with Crippen LogP contribution in [0, 0.1) is 0 Å². The highest BCUT2D eigenvalue weighted by Gasteiger charge is 2.41. The van der Waals surface area contributed by atoms with E-state index in [0.717, 1.165) is 10.9 Å². The molecule has 6 heteroatoms. The number of carboxylic acid groups (broad SMARTS) is 1. The number of hydrogen-bond donors (Lipinski definition) is 3. The Morgan fingerprint density at radius 3 is 2.71 bits per heavy atom. The molecule has 2 heterocycles. The zero-order valence-electron chi connectivity index (χ0n) is 11.4. The van der Waals surface area contributed by atoms with Gasteiger partial charge in [-0.05, 0) is 18.2 Å². The molecule has 2 aromatic rings. The largest absolute Gasteiger partial charge is 0.480 e. The van der Waals surface area contributed by atoms with E-state index in [1.54, 1.807) is 18.3 Å². The van der Waals surface area contributed by atoms with Crippen molar-refractivity contribution in [2.75, 3.05) is 13.2 Å². The normalized spacial score (nSPS) is 17.5. The van der Waals surface area contributed by atoms with Gasteiger partial charge in [0.15, 0.2) is 0 Å². The molecule has 0 unspecified atom stereocenters. The maximum atomic E-state index is 12.5. The Balaban J connectivity index is 1.91. The Bertz CT molecular complexity index is 686. The van der Waals surface area contributed by atoms with Crippen LogP contribution in [-0.2, 0) is 9.53 Å². The number of aliphatic carboxylic acids is 1. The zero-order valence-corrected chi connectivity index (χ0v) is 11.4. The number of carbonyl (C=O) groups excluding carboxylic acids is 1. The van der Waals surface area contributed by atoms with Crippen molar-refractivity contribution in [3.05, 3.63) is 36.0 Å². The van der Waals surface area contributed by atoms with Crippen molar-refractivity contribution in [1.29, 1.82) is 0 Å². The molecular weight excluding hydrogens is 272 g/mol. The molecule has 3 N–H and O–H groups in total. The third kappa shape index (κ3) is 2.38. The summed E-state index contributed by atoms with van der Waals surface area (Å²) in [6.45, 7) is 0.669. The van der Waals surface area contributed by atoms with Gasteiger partial charge in [0.1, 0.15) is 5.54 Å². The first kappa shape index (κ1) is 13.6. The molecule has 0 bridgehead atoms. The molecule has 1 aromatic heterocycles. The number of benzene rings is 1. The molecule has 1 saturated heterocycles. The first-order chi connectivity index (χ1) is 10.1. The number of H-pyrrole nitrogens is 1. The van der Waals surface area contributed by atoms with Crippen molar-refractivity contribution in [2.45, 2.75) is 18.4 Å². The standard InChI is InChI=1S/C15H16N2O4/c18-13(11-2-1-3-12-10(11)4-7-16-12)17-15(14(19)20)5-8-21-9-6-15/h1-4,7,16H,5-6,8-9H2,(H,17,18)(H,19,20). The molecule has 3 rings (SSSR count). The Hall–Kier alpha value is -2.34. The highest BCUT2D eigenvalue weighted by atomic mass is 16.5. The van der Waals surface area contributed by atoms with Crippen LogP contribution in [0.2, 0.25) is 0 Å². The minimum Gasteiger partial charge on any atom is -0.480 e. The van der Waals surface area contributed by atoms with Crippen LogP contribution in [0.25, 0.3) is 10.9 Å². The number of rotatable bonds is 3. The highest BCUT2D eigenvalue weighted by molar-refractivity contribution is 6.07. The second kappa shape index (κ2) is 5.21. The lowest BCUT2D eigenvalue weighted by molar-refractivity contribution is -0.148. The third-order valence-electron chi connectivity index (χ3n) is 3.95. The van der Waals surface area contributed by atoms with Gasteiger partial charge in [-0.1, -0.05) is 6.07 Å². The first-order valence-electron chi connectivity index (χ1n) is 6.82. The Labute approximate surface area is 121 Å². The zero-order chi connectivity index (χ0) is 14.9. The molecule has 1 amide bonds. The van der Waals surface area contributed by atoms with Gasteiger partial charge in [0.25, 0.3) is 5.91 Å². The van der Waals surface area contributed by atoms with Gasteiger partial charge in [-0.2, -0.15) is 0 Å². The number of nitrogens with one attached hydrogen (secondary N) is 2. The molecule has 0 aliphatic carbocycles. The number of fused-ring (bicyclic) bond motifs is 1. The molecule has 21 heavy (non-hydrogen) atoms. The second-order valence-electron chi connectivity index (χ2n) is 5.20. The van der Waals surface area contributed by atoms with Gasteiger partial charge in [0.05, 0.1) is 0 Å². The van der Waals surface area contributed by atoms with Crippen LogP contribution in [0.3, 0.4) is 0 Å². The summed E-state index contributed by atoms with van der Waals surface area (Å²) in [4.78, 5) is 27.1. The Morgan fingerprint density at radius 1 is 1.24 bits per heavy atom. The van der Waals surface area contributed by atoms with Crippen LogP contribution in [-0.4, -0.2) is 40.7 Å². The van der Waals surface area contributed by atoms with Gasteiger partial charge >= 0.3 is 5.97 Å². The van der Waals surface area contributed by atoms with Crippen LogP contribution in [0.1, 0.15) is 23.2 Å². The maximum Gasteiger partial charge on any atom is 0.329 e. The average Bonchev–Trinajstić information content (AvgIpc) is 2.96. The summed E-state index contributed by atoms with van der Waals surface area (Å²) in [6, 6.07) is 7.14. The smallest absolute Gasteiger partial charge is 0.329 e. The molecule has 110 valence electrons. The minimum absolute atomic E-state index is 0.275. The first-order valence-corrected chi connectivity index (χ1v) is 6.82. The summed E-state index contributed by atoms with van der Waals surface area (Å²) >= 11 is 0. The lowest BCUT2D eigenvalue weighted by Gasteiger charge is -2.33. The molecular formula is C15H16N2O4. The van der Waals surface area contributed by atoms with Gasteiger partial charge in [0.2, 0.25) is 0 Å². The van der Waals surface area contributed by atoms with Crippen LogP contribution in [0.4, 0.5) is 0 Å². The van der Waals surface area contributed by atoms with Crippen LogP contribution < -0.4 is 5.32 Å². The summed E-state index contributed by atoms with van der Waals surface area (Å²) in [5.74, 6) is -1.38. The summed E-state index contributed by atoms with van der Waals surface area (Å²) in [5.41, 5.74) is 0.0771. The number of amides is 1. The highest BCUT2D eigenvalue weighted by Crippen LogP contribution is 2.23. The minimum atomic E-state index is -1.24. The number of aromatic amines is 1. The molecule has 0 saturated carbocycles. The fourth-order valence-electron chi connectivity index (χ4n) is 2.68. The molecule has 0 radical (unpaired) electrons. The van der Waals surface area contributed by atoms with E-state index in [4.69, 9.17) is 4.74 Å². The molecule has 0 spiro atoms. The van der Waals surface area contributed by atoms with Crippen molar-refractivity contribution in [3.8, 4) is 0 Å². The summed E-state index contributed by atoms with van der Waals surface area (Å²) in [7, 11) is 0. The molecule has 0 atom stereocenters. The van der Waals surface area contributed by atoms with E-state index in [1.807, 2.05) is 12.1 Å². The predicted octanol–water partition coefficient (Wildman–Crippen LogP) is 1.53. The van der Waals surface area contributed by atoms with E-state index in [2.05, 4.69) is 10.3 Å². The maximum absolute atomic E-state index is 12.5. The van der Waals surface area contributed by atoms with E-state index in [-0.39, 0.29) is 18.7 Å². The summed E-state index contributed by atoms with van der Waals surface area (Å²) in [6.07, 6.45) is 2.30. The molecule has 1 aliphatic heterocycles. The van der Waals surface area contributed by atoms with Gasteiger partial charge in [-0.25, -0.2) is 4.79 Å². The monoisotopic (exact) mass is 288 g/mol. The lowest BCUT2D eigenvalue weighted by Crippen LogP contribution is -2.57. The van der Waals surface area contributed by atoms with Gasteiger partial charge in [-0.15, -0.1) is 0 Å². The second-order valence-corrected chi connectivity index (χ2v) is 5.20. The van der Waals surface area contributed by atoms with Crippen molar-refractivity contribution >= 4 is 22.8 Å². The number of hydrogen-bond acceptors (Lipinski definition) is 3. The van der Waals surface area contributed by atoms with E-state index >= 15 is 0 Å². The van der Waals surface area contributed by atoms with Crippen molar-refractivity contribution in [2.24, 2.45) is 0 Å². The van der Waals surface area contributed by atoms with E-state index in [9.17, 15) is 14.7 Å². The number of carboxylic acids is 1. The Kier molecular flexibility index (Phi) is 3.39. The van der Waals surface area contributed by atoms with Crippen LogP contribution in [0.5, 0.6) is 0 Å². The molecule has 6 nitrogen and oxygen atoms in total. The number of carbonyl (C=O) groups is 2. The van der Waals surface area contributed by atoms with Gasteiger partial charge in [-0.3, -0.25) is 4.79 Å². The number of ether oxygens (including phenoxy) is 1.